The minimum absolute atomic E-state index is 0.224. The molecule has 0 N–H and O–H groups in total. The maximum Gasteiger partial charge on any atom is 0.410 e. The molecule has 0 atom stereocenters. The van der Waals surface area contributed by atoms with Gasteiger partial charge in [-0.25, -0.2) is 4.79 Å². The quantitative estimate of drug-likeness (QED) is 0.587. The average Bonchev–Trinajstić information content (AvgIpc) is 2.46. The minimum atomic E-state index is -0.439. The predicted octanol–water partition coefficient (Wildman–Crippen LogP) is 3.53. The molecule has 0 aromatic rings. The first kappa shape index (κ1) is 19.6. The van der Waals surface area contributed by atoms with Crippen LogP contribution in [0.5, 0.6) is 0 Å². The van der Waals surface area contributed by atoms with Gasteiger partial charge in [-0.05, 0) is 53.5 Å². The van der Waals surface area contributed by atoms with Gasteiger partial charge in [-0.2, -0.15) is 0 Å². The second-order valence-electron chi connectivity index (χ2n) is 7.40. The number of hydrogen-bond acceptors (Lipinski definition) is 3. The second-order valence-corrected chi connectivity index (χ2v) is 7.40. The van der Waals surface area contributed by atoms with Gasteiger partial charge in [-0.1, -0.05) is 17.9 Å². The smallest absolute Gasteiger partial charge is 0.410 e. The van der Waals surface area contributed by atoms with E-state index in [0.29, 0.717) is 5.92 Å². The lowest BCUT2D eigenvalue weighted by atomic mass is 9.86. The van der Waals surface area contributed by atoms with Crippen LogP contribution in [0.1, 0.15) is 46.5 Å². The number of rotatable bonds is 4. The Labute approximate surface area is 141 Å². The molecule has 1 fully saturated rings. The molecule has 1 amide bonds. The van der Waals surface area contributed by atoms with Gasteiger partial charge in [0.05, 0.1) is 6.54 Å². The molecule has 1 rings (SSSR count). The first-order chi connectivity index (χ1) is 10.7. The summed E-state index contributed by atoms with van der Waals surface area (Å²) in [5.41, 5.74) is -0.439. The Balaban J connectivity index is 2.39. The first-order valence-electron chi connectivity index (χ1n) is 8.46. The molecular formula is C19H32N2O2. The van der Waals surface area contributed by atoms with Gasteiger partial charge in [-0.15, -0.1) is 6.58 Å². The van der Waals surface area contributed by atoms with Crippen LogP contribution in [-0.2, 0) is 4.74 Å². The van der Waals surface area contributed by atoms with Crippen molar-refractivity contribution in [2.45, 2.75) is 58.1 Å². The van der Waals surface area contributed by atoms with Crippen molar-refractivity contribution in [1.82, 2.24) is 9.80 Å². The first-order valence-corrected chi connectivity index (χ1v) is 8.46. The van der Waals surface area contributed by atoms with Gasteiger partial charge in [0.25, 0.3) is 0 Å². The van der Waals surface area contributed by atoms with Crippen LogP contribution in [0.25, 0.3) is 0 Å². The summed E-state index contributed by atoms with van der Waals surface area (Å²) in [6.45, 7) is 11.1. The monoisotopic (exact) mass is 320 g/mol. The lowest BCUT2D eigenvalue weighted by Gasteiger charge is -2.34. The maximum absolute atomic E-state index is 12.1. The van der Waals surface area contributed by atoms with E-state index < -0.39 is 5.60 Å². The zero-order chi connectivity index (χ0) is 17.5. The van der Waals surface area contributed by atoms with Crippen LogP contribution in [0.2, 0.25) is 0 Å². The summed E-state index contributed by atoms with van der Waals surface area (Å²) in [6, 6.07) is 0.270. The van der Waals surface area contributed by atoms with Gasteiger partial charge >= 0.3 is 6.09 Å². The number of likely N-dealkylation sites (N-methyl/N-ethyl adjacent to an activating group) is 1. The standard InChI is InChI=1S/C19H32N2O2/c1-7-14-20(5)15-8-9-16-10-12-17(13-11-16)21(6)18(22)23-19(2,3)4/h7,16-17H,1,10-15H2,2-6H3. The van der Waals surface area contributed by atoms with E-state index in [-0.39, 0.29) is 12.1 Å². The highest BCUT2D eigenvalue weighted by Crippen LogP contribution is 2.27. The molecule has 0 aromatic heterocycles. The molecule has 4 heteroatoms. The van der Waals surface area contributed by atoms with Crippen LogP contribution in [-0.4, -0.2) is 54.7 Å². The Hall–Kier alpha value is -1.47. The van der Waals surface area contributed by atoms with Crippen LogP contribution in [0.15, 0.2) is 12.7 Å². The summed E-state index contributed by atoms with van der Waals surface area (Å²) in [4.78, 5) is 16.0. The summed E-state index contributed by atoms with van der Waals surface area (Å²) >= 11 is 0. The summed E-state index contributed by atoms with van der Waals surface area (Å²) in [5.74, 6) is 7.09. The number of carbonyl (C=O) groups excluding carboxylic acids is 1. The third kappa shape index (κ3) is 7.56. The molecule has 1 aliphatic carbocycles. The third-order valence-electron chi connectivity index (χ3n) is 4.02. The Kier molecular flexibility index (Phi) is 7.64. The van der Waals surface area contributed by atoms with E-state index in [4.69, 9.17) is 4.74 Å². The molecule has 130 valence electrons. The highest BCUT2D eigenvalue weighted by atomic mass is 16.6. The van der Waals surface area contributed by atoms with Crippen molar-refractivity contribution in [3.63, 3.8) is 0 Å². The Morgan fingerprint density at radius 1 is 1.26 bits per heavy atom. The number of hydrogen-bond donors (Lipinski definition) is 0. The van der Waals surface area contributed by atoms with Gasteiger partial charge in [-0.3, -0.25) is 4.90 Å². The highest BCUT2D eigenvalue weighted by Gasteiger charge is 2.28. The maximum atomic E-state index is 12.1. The van der Waals surface area contributed by atoms with Crippen molar-refractivity contribution < 1.29 is 9.53 Å². The van der Waals surface area contributed by atoms with Crippen LogP contribution in [0.4, 0.5) is 4.79 Å². The molecule has 1 saturated carbocycles. The number of amides is 1. The molecule has 0 heterocycles. The van der Waals surface area contributed by atoms with Crippen molar-refractivity contribution >= 4 is 6.09 Å². The fourth-order valence-electron chi connectivity index (χ4n) is 2.70. The number of ether oxygens (including phenoxy) is 1. The topological polar surface area (TPSA) is 32.8 Å². The molecule has 0 aliphatic heterocycles. The lowest BCUT2D eigenvalue weighted by Crippen LogP contribution is -2.42. The number of nitrogens with zero attached hydrogens (tertiary/aromatic N) is 2. The fraction of sp³-hybridized carbons (Fsp3) is 0.737. The van der Waals surface area contributed by atoms with Crippen LogP contribution >= 0.6 is 0 Å². The second kappa shape index (κ2) is 8.98. The molecular weight excluding hydrogens is 288 g/mol. The molecule has 0 spiro atoms. The highest BCUT2D eigenvalue weighted by molar-refractivity contribution is 5.68. The molecule has 0 saturated heterocycles. The third-order valence-corrected chi connectivity index (χ3v) is 4.02. The van der Waals surface area contributed by atoms with Crippen molar-refractivity contribution in [3.05, 3.63) is 12.7 Å². The van der Waals surface area contributed by atoms with Gasteiger partial charge < -0.3 is 9.64 Å². The normalized spacial score (nSPS) is 21.3. The van der Waals surface area contributed by atoms with E-state index >= 15 is 0 Å². The summed E-state index contributed by atoms with van der Waals surface area (Å²) in [6.07, 6.45) is 5.76. The van der Waals surface area contributed by atoms with E-state index in [1.807, 2.05) is 40.9 Å². The average molecular weight is 320 g/mol. The van der Waals surface area contributed by atoms with Crippen molar-refractivity contribution in [2.75, 3.05) is 27.2 Å². The van der Waals surface area contributed by atoms with Gasteiger partial charge in [0.2, 0.25) is 0 Å². The zero-order valence-corrected chi connectivity index (χ0v) is 15.4. The minimum Gasteiger partial charge on any atom is -0.444 e. The molecule has 0 bridgehead atoms. The summed E-state index contributed by atoms with van der Waals surface area (Å²) < 4.78 is 5.44. The van der Waals surface area contributed by atoms with Crippen LogP contribution in [0.3, 0.4) is 0 Å². The van der Waals surface area contributed by atoms with E-state index in [9.17, 15) is 4.79 Å². The number of carbonyl (C=O) groups is 1. The van der Waals surface area contributed by atoms with Crippen LogP contribution < -0.4 is 0 Å². The Bertz CT molecular complexity index is 448. The van der Waals surface area contributed by atoms with Gasteiger partial charge in [0, 0.05) is 25.6 Å². The van der Waals surface area contributed by atoms with Crippen molar-refractivity contribution in [3.8, 4) is 11.8 Å². The molecule has 0 aromatic carbocycles. The van der Waals surface area contributed by atoms with E-state index in [0.717, 1.165) is 38.8 Å². The van der Waals surface area contributed by atoms with E-state index in [2.05, 4.69) is 23.3 Å². The Morgan fingerprint density at radius 3 is 2.39 bits per heavy atom. The molecule has 23 heavy (non-hydrogen) atoms. The SMILES string of the molecule is C=CCN(C)CC#CC1CCC(N(C)C(=O)OC(C)(C)C)CC1. The van der Waals surface area contributed by atoms with Crippen molar-refractivity contribution in [2.24, 2.45) is 5.92 Å². The largest absolute Gasteiger partial charge is 0.444 e. The Morgan fingerprint density at radius 2 is 1.87 bits per heavy atom. The van der Waals surface area contributed by atoms with Crippen molar-refractivity contribution in [1.29, 1.82) is 0 Å². The van der Waals surface area contributed by atoms with E-state index in [1.54, 1.807) is 4.90 Å². The predicted molar refractivity (Wildman–Crippen MR) is 95.2 cm³/mol. The molecule has 0 unspecified atom stereocenters. The molecule has 0 radical (unpaired) electrons. The van der Waals surface area contributed by atoms with Gasteiger partial charge in [0.1, 0.15) is 5.60 Å². The molecule has 1 aliphatic rings. The van der Waals surface area contributed by atoms with Gasteiger partial charge in [0.15, 0.2) is 0 Å². The molecule has 4 nitrogen and oxygen atoms in total. The zero-order valence-electron chi connectivity index (χ0n) is 15.4. The summed E-state index contributed by atoms with van der Waals surface area (Å²) in [5, 5.41) is 0. The fourth-order valence-corrected chi connectivity index (χ4v) is 2.70. The lowest BCUT2D eigenvalue weighted by molar-refractivity contribution is 0.0180. The van der Waals surface area contributed by atoms with Crippen LogP contribution in [0, 0.1) is 17.8 Å². The summed E-state index contributed by atoms with van der Waals surface area (Å²) in [7, 11) is 3.89. The van der Waals surface area contributed by atoms with E-state index in [1.165, 1.54) is 0 Å².